The van der Waals surface area contributed by atoms with E-state index in [4.69, 9.17) is 16.1 Å². The number of hydrogen-bond donors (Lipinski definition) is 0. The molecule has 2 aliphatic heterocycles. The van der Waals surface area contributed by atoms with Gasteiger partial charge in [0.15, 0.2) is 0 Å². The van der Waals surface area contributed by atoms with Gasteiger partial charge in [-0.2, -0.15) is 4.98 Å². The topological polar surface area (TPSA) is 79.5 Å². The first-order valence-corrected chi connectivity index (χ1v) is 11.2. The Bertz CT molecular complexity index is 1110. The molecule has 0 bridgehead atoms. The minimum absolute atomic E-state index is 0.00465. The lowest BCUT2D eigenvalue weighted by atomic mass is 9.95. The van der Waals surface area contributed by atoms with Crippen molar-refractivity contribution in [2.24, 2.45) is 5.92 Å². The molecule has 7 nitrogen and oxygen atoms in total. The van der Waals surface area contributed by atoms with Crippen LogP contribution in [0, 0.1) is 5.92 Å². The summed E-state index contributed by atoms with van der Waals surface area (Å²) in [5, 5.41) is 4.76. The summed E-state index contributed by atoms with van der Waals surface area (Å²) in [5.74, 6) is 1.04. The van der Waals surface area contributed by atoms with Crippen molar-refractivity contribution in [1.29, 1.82) is 0 Å². The van der Waals surface area contributed by atoms with Gasteiger partial charge < -0.3 is 14.3 Å². The van der Waals surface area contributed by atoms with Crippen LogP contribution in [0.4, 0.5) is 5.69 Å². The van der Waals surface area contributed by atoms with Gasteiger partial charge in [0.1, 0.15) is 0 Å². The lowest BCUT2D eigenvalue weighted by Gasteiger charge is -2.32. The van der Waals surface area contributed by atoms with Crippen molar-refractivity contribution < 1.29 is 14.1 Å². The average Bonchev–Trinajstić information content (AvgIpc) is 3.47. The van der Waals surface area contributed by atoms with Crippen LogP contribution < -0.4 is 4.90 Å². The van der Waals surface area contributed by atoms with E-state index in [0.29, 0.717) is 36.4 Å². The molecule has 32 heavy (non-hydrogen) atoms. The number of benzene rings is 2. The van der Waals surface area contributed by atoms with Crippen LogP contribution in [0.2, 0.25) is 5.02 Å². The van der Waals surface area contributed by atoms with Gasteiger partial charge in [0.2, 0.25) is 23.5 Å². The van der Waals surface area contributed by atoms with Crippen LogP contribution in [0.25, 0.3) is 11.4 Å². The number of halogens is 1. The number of aromatic nitrogens is 2. The number of carbonyl (C=O) groups excluding carboxylic acids is 2. The van der Waals surface area contributed by atoms with Crippen molar-refractivity contribution >= 4 is 29.1 Å². The van der Waals surface area contributed by atoms with Crippen LogP contribution in [0.5, 0.6) is 0 Å². The van der Waals surface area contributed by atoms with Crippen molar-refractivity contribution in [1.82, 2.24) is 15.0 Å². The zero-order valence-electron chi connectivity index (χ0n) is 17.5. The Balaban J connectivity index is 1.19. The molecule has 8 heteroatoms. The molecular formula is C24H23ClN4O3. The summed E-state index contributed by atoms with van der Waals surface area (Å²) >= 11 is 5.94. The first-order chi connectivity index (χ1) is 15.6. The highest BCUT2D eigenvalue weighted by atomic mass is 35.5. The van der Waals surface area contributed by atoms with Gasteiger partial charge in [-0.3, -0.25) is 9.59 Å². The smallest absolute Gasteiger partial charge is 0.230 e. The Morgan fingerprint density at radius 1 is 1.03 bits per heavy atom. The van der Waals surface area contributed by atoms with E-state index in [1.54, 1.807) is 17.0 Å². The minimum atomic E-state index is -0.292. The molecule has 2 saturated heterocycles. The maximum Gasteiger partial charge on any atom is 0.230 e. The average molecular weight is 451 g/mol. The van der Waals surface area contributed by atoms with Gasteiger partial charge in [-0.05, 0) is 49.2 Å². The standard InChI is InChI=1S/C24H23ClN4O3/c25-19-8-6-16(7-9-19)22-26-23(32-27-22)17-10-12-28(13-11-17)24(31)18-14-21(30)29(15-18)20-4-2-1-3-5-20/h1-9,17-18H,10-15H2/t18-/m1/s1. The minimum Gasteiger partial charge on any atom is -0.342 e. The molecule has 0 spiro atoms. The molecule has 3 heterocycles. The van der Waals surface area contributed by atoms with Crippen molar-refractivity contribution in [2.45, 2.75) is 25.2 Å². The van der Waals surface area contributed by atoms with E-state index in [-0.39, 0.29) is 30.1 Å². The van der Waals surface area contributed by atoms with Crippen LogP contribution >= 0.6 is 11.6 Å². The predicted octanol–water partition coefficient (Wildman–Crippen LogP) is 4.15. The molecule has 2 aromatic carbocycles. The number of rotatable bonds is 4. The van der Waals surface area contributed by atoms with Crippen LogP contribution in [0.1, 0.15) is 31.1 Å². The first-order valence-electron chi connectivity index (χ1n) is 10.8. The maximum atomic E-state index is 13.1. The molecule has 1 aromatic heterocycles. The van der Waals surface area contributed by atoms with Crippen molar-refractivity contribution in [3.63, 3.8) is 0 Å². The third kappa shape index (κ3) is 4.12. The second-order valence-corrected chi connectivity index (χ2v) is 8.74. The van der Waals surface area contributed by atoms with E-state index >= 15 is 0 Å². The molecule has 5 rings (SSSR count). The molecule has 0 saturated carbocycles. The molecule has 1 atom stereocenters. The number of piperidine rings is 1. The van der Waals surface area contributed by atoms with Gasteiger partial charge in [0, 0.05) is 48.2 Å². The van der Waals surface area contributed by atoms with E-state index < -0.39 is 0 Å². The number of amides is 2. The van der Waals surface area contributed by atoms with Crippen molar-refractivity contribution in [3.8, 4) is 11.4 Å². The first kappa shape index (κ1) is 20.7. The normalized spacial score (nSPS) is 19.5. The highest BCUT2D eigenvalue weighted by Crippen LogP contribution is 2.31. The van der Waals surface area contributed by atoms with Gasteiger partial charge in [0.25, 0.3) is 0 Å². The summed E-state index contributed by atoms with van der Waals surface area (Å²) in [4.78, 5) is 33.7. The van der Waals surface area contributed by atoms with Crippen LogP contribution in [-0.4, -0.2) is 46.5 Å². The summed E-state index contributed by atoms with van der Waals surface area (Å²) < 4.78 is 5.51. The molecule has 0 aliphatic carbocycles. The molecule has 0 radical (unpaired) electrons. The van der Waals surface area contributed by atoms with Crippen molar-refractivity contribution in [2.75, 3.05) is 24.5 Å². The molecule has 3 aromatic rings. The number of para-hydroxylation sites is 1. The zero-order chi connectivity index (χ0) is 22.1. The summed E-state index contributed by atoms with van der Waals surface area (Å²) in [5.41, 5.74) is 1.70. The Morgan fingerprint density at radius 3 is 2.47 bits per heavy atom. The number of nitrogens with zero attached hydrogens (tertiary/aromatic N) is 4. The van der Waals surface area contributed by atoms with Crippen molar-refractivity contribution in [3.05, 3.63) is 65.5 Å². The lowest BCUT2D eigenvalue weighted by molar-refractivity contribution is -0.136. The second-order valence-electron chi connectivity index (χ2n) is 8.30. The summed E-state index contributed by atoms with van der Waals surface area (Å²) in [6, 6.07) is 16.8. The van der Waals surface area contributed by atoms with Crippen LogP contribution in [0.15, 0.2) is 59.1 Å². The van der Waals surface area contributed by atoms with Crippen LogP contribution in [-0.2, 0) is 9.59 Å². The van der Waals surface area contributed by atoms with Gasteiger partial charge in [0.05, 0.1) is 5.92 Å². The maximum absolute atomic E-state index is 13.1. The fraction of sp³-hybridized carbons (Fsp3) is 0.333. The van der Waals surface area contributed by atoms with E-state index in [2.05, 4.69) is 10.1 Å². The lowest BCUT2D eigenvalue weighted by Crippen LogP contribution is -2.42. The number of likely N-dealkylation sites (tertiary alicyclic amines) is 1. The Hall–Kier alpha value is -3.19. The summed E-state index contributed by atoms with van der Waals surface area (Å²) in [7, 11) is 0. The third-order valence-corrected chi connectivity index (χ3v) is 6.49. The molecule has 2 fully saturated rings. The number of carbonyl (C=O) groups is 2. The molecular weight excluding hydrogens is 428 g/mol. The number of hydrogen-bond acceptors (Lipinski definition) is 5. The van der Waals surface area contributed by atoms with Gasteiger partial charge in [-0.1, -0.05) is 35.0 Å². The van der Waals surface area contributed by atoms with Gasteiger partial charge in [-0.15, -0.1) is 0 Å². The van der Waals surface area contributed by atoms with E-state index in [1.165, 1.54) is 0 Å². The molecule has 164 valence electrons. The fourth-order valence-electron chi connectivity index (χ4n) is 4.45. The fourth-order valence-corrected chi connectivity index (χ4v) is 4.58. The molecule has 0 N–H and O–H groups in total. The molecule has 2 aliphatic rings. The zero-order valence-corrected chi connectivity index (χ0v) is 18.2. The number of anilines is 1. The van der Waals surface area contributed by atoms with Crippen LogP contribution in [0.3, 0.4) is 0 Å². The van der Waals surface area contributed by atoms with E-state index in [0.717, 1.165) is 24.1 Å². The SMILES string of the molecule is O=C([C@@H]1CC(=O)N(c2ccccc2)C1)N1CCC(c2nc(-c3ccc(Cl)cc3)no2)CC1. The van der Waals surface area contributed by atoms with E-state index in [1.807, 2.05) is 47.4 Å². The Labute approximate surface area is 191 Å². The second kappa shape index (κ2) is 8.74. The van der Waals surface area contributed by atoms with E-state index in [9.17, 15) is 9.59 Å². The molecule has 2 amide bonds. The largest absolute Gasteiger partial charge is 0.342 e. The van der Waals surface area contributed by atoms with Gasteiger partial charge in [-0.25, -0.2) is 0 Å². The monoisotopic (exact) mass is 450 g/mol. The highest BCUT2D eigenvalue weighted by Gasteiger charge is 2.38. The summed E-state index contributed by atoms with van der Waals surface area (Å²) in [6.07, 6.45) is 1.79. The molecule has 0 unspecified atom stereocenters. The summed E-state index contributed by atoms with van der Waals surface area (Å²) in [6.45, 7) is 1.69. The highest BCUT2D eigenvalue weighted by molar-refractivity contribution is 6.30. The predicted molar refractivity (Wildman–Crippen MR) is 120 cm³/mol. The van der Waals surface area contributed by atoms with Gasteiger partial charge >= 0.3 is 0 Å². The Kier molecular flexibility index (Phi) is 5.66. The Morgan fingerprint density at radius 2 is 1.75 bits per heavy atom. The third-order valence-electron chi connectivity index (χ3n) is 6.24. The quantitative estimate of drug-likeness (QED) is 0.596.